The van der Waals surface area contributed by atoms with E-state index < -0.39 is 25.5 Å². The molecule has 0 bridgehead atoms. The third kappa shape index (κ3) is 4.71. The standard InChI is InChI=1S/C15H20N4O6S2/c1-10(27(22,23)24)19-26(20,21)13-4-2-11(3-5-13)14-17-15(25-18-14)12-6-8-16-9-7-12/h2-5,10,12,16,19H,6-9H2,1H3,(H,22,23,24). The first-order valence-electron chi connectivity index (χ1n) is 8.30. The molecule has 2 aromatic rings. The summed E-state index contributed by atoms with van der Waals surface area (Å²) in [5, 5.41) is 5.55. The summed E-state index contributed by atoms with van der Waals surface area (Å²) >= 11 is 0. The van der Waals surface area contributed by atoms with Crippen LogP contribution in [0.15, 0.2) is 33.7 Å². The van der Waals surface area contributed by atoms with Gasteiger partial charge in [0.15, 0.2) is 0 Å². The summed E-state index contributed by atoms with van der Waals surface area (Å²) in [6.07, 6.45) is 1.83. The van der Waals surface area contributed by atoms with Crippen molar-refractivity contribution in [3.63, 3.8) is 0 Å². The number of benzene rings is 1. The summed E-state index contributed by atoms with van der Waals surface area (Å²) in [7, 11) is -8.64. The van der Waals surface area contributed by atoms with Gasteiger partial charge in [-0.3, -0.25) is 4.55 Å². The van der Waals surface area contributed by atoms with E-state index in [-0.39, 0.29) is 10.8 Å². The molecule has 0 spiro atoms. The SMILES string of the molecule is CC(NS(=O)(=O)c1ccc(-c2noc(C3CCNCC3)n2)cc1)S(=O)(=O)O. The zero-order chi connectivity index (χ0) is 19.7. The maximum atomic E-state index is 12.2. The largest absolute Gasteiger partial charge is 0.339 e. The average molecular weight is 416 g/mol. The van der Waals surface area contributed by atoms with Crippen LogP contribution in [0.3, 0.4) is 0 Å². The topological polar surface area (TPSA) is 151 Å². The second-order valence-electron chi connectivity index (χ2n) is 6.28. The maximum absolute atomic E-state index is 12.2. The molecule has 0 radical (unpaired) electrons. The highest BCUT2D eigenvalue weighted by Crippen LogP contribution is 2.26. The van der Waals surface area contributed by atoms with Gasteiger partial charge in [0, 0.05) is 11.5 Å². The van der Waals surface area contributed by atoms with Crippen LogP contribution < -0.4 is 10.0 Å². The number of hydrogen-bond acceptors (Lipinski definition) is 8. The normalized spacial score (nSPS) is 17.7. The molecule has 2 heterocycles. The summed E-state index contributed by atoms with van der Waals surface area (Å²) in [4.78, 5) is 4.24. The van der Waals surface area contributed by atoms with Crippen LogP contribution in [0.5, 0.6) is 0 Å². The lowest BCUT2D eigenvalue weighted by Crippen LogP contribution is -2.38. The molecule has 0 saturated carbocycles. The molecule has 0 aliphatic carbocycles. The molecular weight excluding hydrogens is 396 g/mol. The van der Waals surface area contributed by atoms with Crippen molar-refractivity contribution in [2.24, 2.45) is 0 Å². The molecule has 0 amide bonds. The van der Waals surface area contributed by atoms with Crippen molar-refractivity contribution in [1.82, 2.24) is 20.2 Å². The van der Waals surface area contributed by atoms with Crippen LogP contribution in [0.25, 0.3) is 11.4 Å². The maximum Gasteiger partial charge on any atom is 0.281 e. The Hall–Kier alpha value is -1.86. The molecule has 1 atom stereocenters. The number of sulfonamides is 1. The average Bonchev–Trinajstić information content (AvgIpc) is 3.11. The molecule has 148 valence electrons. The summed E-state index contributed by atoms with van der Waals surface area (Å²) in [5.74, 6) is 1.12. The number of hydrogen-bond donors (Lipinski definition) is 3. The van der Waals surface area contributed by atoms with E-state index in [1.165, 1.54) is 24.3 Å². The molecule has 3 N–H and O–H groups in total. The zero-order valence-corrected chi connectivity index (χ0v) is 16.1. The summed E-state index contributed by atoms with van der Waals surface area (Å²) in [5.41, 5.74) is 0.570. The Labute approximate surface area is 157 Å². The van der Waals surface area contributed by atoms with Crippen LogP contribution in [-0.2, 0) is 20.1 Å². The Bertz CT molecular complexity index is 995. The van der Waals surface area contributed by atoms with Gasteiger partial charge in [0.05, 0.1) is 4.90 Å². The molecule has 1 aromatic carbocycles. The van der Waals surface area contributed by atoms with E-state index >= 15 is 0 Å². The van der Waals surface area contributed by atoms with Crippen molar-refractivity contribution < 1.29 is 25.9 Å². The smallest absolute Gasteiger partial charge is 0.281 e. The number of aromatic nitrogens is 2. The van der Waals surface area contributed by atoms with Crippen LogP contribution in [0.1, 0.15) is 31.6 Å². The van der Waals surface area contributed by atoms with Gasteiger partial charge in [0.25, 0.3) is 10.1 Å². The van der Waals surface area contributed by atoms with Gasteiger partial charge in [-0.1, -0.05) is 5.16 Å². The first kappa shape index (κ1) is 19.9. The van der Waals surface area contributed by atoms with Crippen LogP contribution >= 0.6 is 0 Å². The van der Waals surface area contributed by atoms with Gasteiger partial charge in [0.1, 0.15) is 5.37 Å². The zero-order valence-electron chi connectivity index (χ0n) is 14.5. The predicted octanol–water partition coefficient (Wildman–Crippen LogP) is 0.716. The molecule has 1 fully saturated rings. The number of nitrogens with zero attached hydrogens (tertiary/aromatic N) is 2. The van der Waals surface area contributed by atoms with Crippen molar-refractivity contribution in [2.45, 2.75) is 36.0 Å². The Morgan fingerprint density at radius 1 is 1.19 bits per heavy atom. The number of rotatable bonds is 6. The number of piperidine rings is 1. The molecule has 12 heteroatoms. The fourth-order valence-corrected chi connectivity index (χ4v) is 4.65. The van der Waals surface area contributed by atoms with Crippen LogP contribution in [-0.4, -0.2) is 50.0 Å². The second-order valence-corrected chi connectivity index (χ2v) is 9.73. The fraction of sp³-hybridized carbons (Fsp3) is 0.467. The minimum Gasteiger partial charge on any atom is -0.339 e. The van der Waals surface area contributed by atoms with Gasteiger partial charge in [-0.25, -0.2) is 8.42 Å². The van der Waals surface area contributed by atoms with E-state index in [1.54, 1.807) is 0 Å². The van der Waals surface area contributed by atoms with Gasteiger partial charge in [-0.15, -0.1) is 0 Å². The van der Waals surface area contributed by atoms with Crippen molar-refractivity contribution in [3.05, 3.63) is 30.2 Å². The lowest BCUT2D eigenvalue weighted by atomic mass is 9.98. The lowest BCUT2D eigenvalue weighted by molar-refractivity contribution is 0.320. The van der Waals surface area contributed by atoms with Crippen molar-refractivity contribution in [3.8, 4) is 11.4 Å². The molecule has 27 heavy (non-hydrogen) atoms. The Kier molecular flexibility index (Phi) is 5.63. The van der Waals surface area contributed by atoms with E-state index in [9.17, 15) is 16.8 Å². The molecule has 3 rings (SSSR count). The second kappa shape index (κ2) is 7.64. The highest BCUT2D eigenvalue weighted by atomic mass is 32.2. The fourth-order valence-electron chi connectivity index (χ4n) is 2.72. The Morgan fingerprint density at radius 2 is 1.81 bits per heavy atom. The first-order valence-corrected chi connectivity index (χ1v) is 11.3. The first-order chi connectivity index (χ1) is 12.7. The van der Waals surface area contributed by atoms with Crippen molar-refractivity contribution >= 4 is 20.1 Å². The Morgan fingerprint density at radius 3 is 2.41 bits per heavy atom. The van der Waals surface area contributed by atoms with Crippen molar-refractivity contribution in [1.29, 1.82) is 0 Å². The predicted molar refractivity (Wildman–Crippen MR) is 95.9 cm³/mol. The third-order valence-corrected chi connectivity index (χ3v) is 7.04. The number of nitrogens with one attached hydrogen (secondary N) is 2. The molecule has 1 saturated heterocycles. The highest BCUT2D eigenvalue weighted by Gasteiger charge is 2.25. The monoisotopic (exact) mass is 416 g/mol. The van der Waals surface area contributed by atoms with Gasteiger partial charge in [0.2, 0.25) is 21.7 Å². The third-order valence-electron chi connectivity index (χ3n) is 4.32. The van der Waals surface area contributed by atoms with Gasteiger partial charge >= 0.3 is 0 Å². The molecule has 1 aliphatic rings. The van der Waals surface area contributed by atoms with Gasteiger partial charge in [-0.2, -0.15) is 18.1 Å². The van der Waals surface area contributed by atoms with Crippen LogP contribution in [0, 0.1) is 0 Å². The van der Waals surface area contributed by atoms with E-state index in [4.69, 9.17) is 9.08 Å². The molecule has 1 unspecified atom stereocenters. The van der Waals surface area contributed by atoms with Crippen molar-refractivity contribution in [2.75, 3.05) is 13.1 Å². The summed E-state index contributed by atoms with van der Waals surface area (Å²) in [6.45, 7) is 2.82. The van der Waals surface area contributed by atoms with Gasteiger partial charge in [-0.05, 0) is 57.1 Å². The van der Waals surface area contributed by atoms with Gasteiger partial charge < -0.3 is 9.84 Å². The highest BCUT2D eigenvalue weighted by molar-refractivity contribution is 7.91. The van der Waals surface area contributed by atoms with E-state index in [0.29, 0.717) is 17.3 Å². The lowest BCUT2D eigenvalue weighted by Gasteiger charge is -2.18. The van der Waals surface area contributed by atoms with Crippen LogP contribution in [0.2, 0.25) is 0 Å². The van der Waals surface area contributed by atoms with E-state index in [2.05, 4.69) is 15.5 Å². The molecule has 10 nitrogen and oxygen atoms in total. The minimum absolute atomic E-state index is 0.149. The van der Waals surface area contributed by atoms with E-state index in [0.717, 1.165) is 32.9 Å². The Balaban J connectivity index is 1.76. The molecular formula is C15H20N4O6S2. The molecule has 1 aliphatic heterocycles. The van der Waals surface area contributed by atoms with E-state index in [1.807, 2.05) is 4.72 Å². The summed E-state index contributed by atoms with van der Waals surface area (Å²) in [6, 6.07) is 5.61. The molecule has 1 aromatic heterocycles. The quantitative estimate of drug-likeness (QED) is 0.578. The summed E-state index contributed by atoms with van der Waals surface area (Å²) < 4.78 is 62.6. The minimum atomic E-state index is -4.53. The van der Waals surface area contributed by atoms with Crippen LogP contribution in [0.4, 0.5) is 0 Å².